The van der Waals surface area contributed by atoms with Crippen LogP contribution < -0.4 is 0 Å². The van der Waals surface area contributed by atoms with Gasteiger partial charge in [-0.25, -0.2) is 4.39 Å². The fraction of sp³-hybridized carbons (Fsp3) is 0.263. The van der Waals surface area contributed by atoms with E-state index >= 15 is 0 Å². The van der Waals surface area contributed by atoms with Gasteiger partial charge in [-0.1, -0.05) is 28.1 Å². The van der Waals surface area contributed by atoms with Crippen LogP contribution >= 0.6 is 15.9 Å². The van der Waals surface area contributed by atoms with Gasteiger partial charge in [0.2, 0.25) is 0 Å². The van der Waals surface area contributed by atoms with E-state index in [0.29, 0.717) is 31.5 Å². The molecular formula is C19H17BrFNO2. The Kier molecular flexibility index (Phi) is 5.09. The maximum absolute atomic E-state index is 13.8. The molecule has 124 valence electrons. The van der Waals surface area contributed by atoms with Crippen molar-refractivity contribution in [3.8, 4) is 0 Å². The number of hydrogen-bond acceptors (Lipinski definition) is 2. The van der Waals surface area contributed by atoms with Gasteiger partial charge in [0.25, 0.3) is 5.91 Å². The molecule has 0 radical (unpaired) electrons. The third kappa shape index (κ3) is 3.56. The van der Waals surface area contributed by atoms with E-state index in [0.717, 1.165) is 4.47 Å². The first kappa shape index (κ1) is 16.8. The Balaban J connectivity index is 1.63. The van der Waals surface area contributed by atoms with Crippen molar-refractivity contribution in [2.45, 2.75) is 12.8 Å². The second-order valence-electron chi connectivity index (χ2n) is 5.92. The van der Waals surface area contributed by atoms with E-state index in [4.69, 9.17) is 0 Å². The zero-order valence-corrected chi connectivity index (χ0v) is 14.6. The van der Waals surface area contributed by atoms with Crippen LogP contribution in [-0.4, -0.2) is 29.7 Å². The molecule has 0 spiro atoms. The molecule has 0 atom stereocenters. The number of rotatable bonds is 3. The van der Waals surface area contributed by atoms with E-state index in [1.165, 1.54) is 12.1 Å². The van der Waals surface area contributed by atoms with Crippen molar-refractivity contribution in [1.29, 1.82) is 0 Å². The summed E-state index contributed by atoms with van der Waals surface area (Å²) < 4.78 is 14.7. The van der Waals surface area contributed by atoms with Gasteiger partial charge >= 0.3 is 0 Å². The molecule has 24 heavy (non-hydrogen) atoms. The Morgan fingerprint density at radius 2 is 1.62 bits per heavy atom. The summed E-state index contributed by atoms with van der Waals surface area (Å²) in [6.45, 7) is 1.03. The summed E-state index contributed by atoms with van der Waals surface area (Å²) in [7, 11) is 0. The maximum Gasteiger partial charge on any atom is 0.253 e. The monoisotopic (exact) mass is 389 g/mol. The average Bonchev–Trinajstić information content (AvgIpc) is 2.62. The predicted molar refractivity (Wildman–Crippen MR) is 93.5 cm³/mol. The van der Waals surface area contributed by atoms with Crippen molar-refractivity contribution in [3.05, 3.63) is 69.9 Å². The Bertz CT molecular complexity index is 752. The summed E-state index contributed by atoms with van der Waals surface area (Å²) in [5.74, 6) is -0.894. The normalized spacial score (nSPS) is 15.3. The number of benzene rings is 2. The molecule has 0 aromatic heterocycles. The predicted octanol–water partition coefficient (Wildman–Crippen LogP) is 4.32. The van der Waals surface area contributed by atoms with E-state index in [2.05, 4.69) is 15.9 Å². The molecule has 1 amide bonds. The van der Waals surface area contributed by atoms with E-state index in [1.54, 1.807) is 29.2 Å². The van der Waals surface area contributed by atoms with Crippen molar-refractivity contribution in [3.63, 3.8) is 0 Å². The van der Waals surface area contributed by atoms with Gasteiger partial charge in [0, 0.05) is 29.0 Å². The molecule has 0 aliphatic carbocycles. The summed E-state index contributed by atoms with van der Waals surface area (Å²) in [4.78, 5) is 26.7. The van der Waals surface area contributed by atoms with Crippen molar-refractivity contribution in [1.82, 2.24) is 4.90 Å². The van der Waals surface area contributed by atoms with Crippen LogP contribution in [0.2, 0.25) is 0 Å². The van der Waals surface area contributed by atoms with Crippen LogP contribution in [0, 0.1) is 11.7 Å². The summed E-state index contributed by atoms with van der Waals surface area (Å²) in [5.41, 5.74) is 0.785. The second-order valence-corrected chi connectivity index (χ2v) is 6.83. The zero-order chi connectivity index (χ0) is 17.1. The fourth-order valence-corrected chi connectivity index (χ4v) is 3.27. The standard InChI is InChI=1S/C19H17BrFNO2/c20-15-7-5-14(6-8-15)19(24)22-11-9-13(10-12-22)18(23)16-3-1-2-4-17(16)21/h1-8,13H,9-12H2. The van der Waals surface area contributed by atoms with Gasteiger partial charge < -0.3 is 4.90 Å². The van der Waals surface area contributed by atoms with E-state index in [-0.39, 0.29) is 23.2 Å². The SMILES string of the molecule is O=C(c1ccccc1F)C1CCN(C(=O)c2ccc(Br)cc2)CC1. The molecule has 5 heteroatoms. The highest BCUT2D eigenvalue weighted by Crippen LogP contribution is 2.24. The summed E-state index contributed by atoms with van der Waals surface area (Å²) in [5, 5.41) is 0. The van der Waals surface area contributed by atoms with Crippen LogP contribution in [0.5, 0.6) is 0 Å². The van der Waals surface area contributed by atoms with E-state index < -0.39 is 5.82 Å². The van der Waals surface area contributed by atoms with Crippen LogP contribution in [0.25, 0.3) is 0 Å². The molecule has 2 aromatic carbocycles. The number of carbonyl (C=O) groups excluding carboxylic acids is 2. The molecule has 1 aliphatic rings. The van der Waals surface area contributed by atoms with Gasteiger partial charge in [-0.2, -0.15) is 0 Å². The molecular weight excluding hydrogens is 373 g/mol. The van der Waals surface area contributed by atoms with E-state index in [9.17, 15) is 14.0 Å². The molecule has 1 saturated heterocycles. The Morgan fingerprint density at radius 1 is 1.00 bits per heavy atom. The van der Waals surface area contributed by atoms with Crippen molar-refractivity contribution >= 4 is 27.6 Å². The minimum atomic E-state index is -0.476. The number of halogens is 2. The molecule has 1 fully saturated rings. The minimum absolute atomic E-state index is 0.0284. The van der Waals surface area contributed by atoms with Crippen molar-refractivity contribution in [2.24, 2.45) is 5.92 Å². The highest BCUT2D eigenvalue weighted by molar-refractivity contribution is 9.10. The lowest BCUT2D eigenvalue weighted by molar-refractivity contribution is 0.0649. The van der Waals surface area contributed by atoms with Gasteiger partial charge in [-0.15, -0.1) is 0 Å². The van der Waals surface area contributed by atoms with Crippen LogP contribution in [0.4, 0.5) is 4.39 Å². The Morgan fingerprint density at radius 3 is 2.25 bits per heavy atom. The van der Waals surface area contributed by atoms with Crippen LogP contribution in [0.3, 0.4) is 0 Å². The topological polar surface area (TPSA) is 37.4 Å². The molecule has 0 bridgehead atoms. The average molecular weight is 390 g/mol. The highest BCUT2D eigenvalue weighted by Gasteiger charge is 2.29. The van der Waals surface area contributed by atoms with Crippen molar-refractivity contribution in [2.75, 3.05) is 13.1 Å². The lowest BCUT2D eigenvalue weighted by atomic mass is 9.88. The molecule has 2 aromatic rings. The van der Waals surface area contributed by atoms with Gasteiger partial charge in [0.15, 0.2) is 5.78 Å². The highest BCUT2D eigenvalue weighted by atomic mass is 79.9. The van der Waals surface area contributed by atoms with Gasteiger partial charge in [0.1, 0.15) is 5.82 Å². The van der Waals surface area contributed by atoms with Crippen LogP contribution in [0.1, 0.15) is 33.6 Å². The van der Waals surface area contributed by atoms with Crippen molar-refractivity contribution < 1.29 is 14.0 Å². The third-order valence-electron chi connectivity index (χ3n) is 4.38. The molecule has 1 heterocycles. The van der Waals surface area contributed by atoms with Gasteiger partial charge in [-0.3, -0.25) is 9.59 Å². The number of piperidine rings is 1. The lowest BCUT2D eigenvalue weighted by Gasteiger charge is -2.31. The zero-order valence-electron chi connectivity index (χ0n) is 13.0. The number of likely N-dealkylation sites (tertiary alicyclic amines) is 1. The lowest BCUT2D eigenvalue weighted by Crippen LogP contribution is -2.40. The minimum Gasteiger partial charge on any atom is -0.339 e. The summed E-state index contributed by atoms with van der Waals surface area (Å²) in [6.07, 6.45) is 1.13. The fourth-order valence-electron chi connectivity index (χ4n) is 3.00. The number of amides is 1. The number of carbonyl (C=O) groups is 2. The molecule has 3 rings (SSSR count). The van der Waals surface area contributed by atoms with Crippen LogP contribution in [0.15, 0.2) is 53.0 Å². The molecule has 0 unspecified atom stereocenters. The largest absolute Gasteiger partial charge is 0.339 e. The quantitative estimate of drug-likeness (QED) is 0.732. The smallest absolute Gasteiger partial charge is 0.253 e. The van der Waals surface area contributed by atoms with E-state index in [1.807, 2.05) is 12.1 Å². The first-order chi connectivity index (χ1) is 11.6. The van der Waals surface area contributed by atoms with Crippen LogP contribution in [-0.2, 0) is 0 Å². The second kappa shape index (κ2) is 7.26. The molecule has 3 nitrogen and oxygen atoms in total. The Hall–Kier alpha value is -2.01. The number of Topliss-reactive ketones (excluding diaryl/α,β-unsaturated/α-hetero) is 1. The number of nitrogens with zero attached hydrogens (tertiary/aromatic N) is 1. The molecule has 1 aliphatic heterocycles. The maximum atomic E-state index is 13.8. The first-order valence-electron chi connectivity index (χ1n) is 7.90. The summed E-state index contributed by atoms with van der Waals surface area (Å²) in [6, 6.07) is 13.3. The molecule has 0 N–H and O–H groups in total. The van der Waals surface area contributed by atoms with Gasteiger partial charge in [0.05, 0.1) is 5.56 Å². The number of ketones is 1. The number of hydrogen-bond donors (Lipinski definition) is 0. The first-order valence-corrected chi connectivity index (χ1v) is 8.69. The Labute approximate surface area is 148 Å². The summed E-state index contributed by atoms with van der Waals surface area (Å²) >= 11 is 3.35. The third-order valence-corrected chi connectivity index (χ3v) is 4.91. The van der Waals surface area contributed by atoms with Gasteiger partial charge in [-0.05, 0) is 49.2 Å². The molecule has 0 saturated carbocycles.